The van der Waals surface area contributed by atoms with Gasteiger partial charge in [-0.2, -0.15) is 0 Å². The summed E-state index contributed by atoms with van der Waals surface area (Å²) >= 11 is 0. The van der Waals surface area contributed by atoms with E-state index in [0.717, 1.165) is 5.69 Å². The zero-order chi connectivity index (χ0) is 12.7. The first-order valence-corrected chi connectivity index (χ1v) is 5.79. The van der Waals surface area contributed by atoms with Crippen LogP contribution in [-0.2, 0) is 0 Å². The van der Waals surface area contributed by atoms with E-state index in [1.165, 1.54) is 6.33 Å². The SMILES string of the molecule is O=c1[nH]cnc2c(N3CC(O)[C@@H](CO)C3)c[nH]c12. The Hall–Kier alpha value is -1.86. The van der Waals surface area contributed by atoms with Crippen molar-refractivity contribution < 1.29 is 10.2 Å². The van der Waals surface area contributed by atoms with Gasteiger partial charge >= 0.3 is 0 Å². The molecule has 1 aliphatic rings. The van der Waals surface area contributed by atoms with Crippen LogP contribution < -0.4 is 10.5 Å². The largest absolute Gasteiger partial charge is 0.396 e. The second-order valence-corrected chi connectivity index (χ2v) is 4.54. The van der Waals surface area contributed by atoms with Crippen LogP contribution in [0.25, 0.3) is 11.0 Å². The maximum absolute atomic E-state index is 11.6. The molecular formula is C11H14N4O3. The molecule has 0 saturated carbocycles. The Kier molecular flexibility index (Phi) is 2.57. The summed E-state index contributed by atoms with van der Waals surface area (Å²) in [7, 11) is 0. The van der Waals surface area contributed by atoms with Crippen molar-refractivity contribution in [3.63, 3.8) is 0 Å². The molecule has 0 radical (unpaired) electrons. The van der Waals surface area contributed by atoms with E-state index in [2.05, 4.69) is 15.0 Å². The number of aliphatic hydroxyl groups is 2. The first kappa shape index (κ1) is 11.2. The summed E-state index contributed by atoms with van der Waals surface area (Å²) in [5, 5.41) is 18.9. The van der Waals surface area contributed by atoms with Gasteiger partial charge in [0.1, 0.15) is 11.0 Å². The molecular weight excluding hydrogens is 236 g/mol. The van der Waals surface area contributed by atoms with Crippen molar-refractivity contribution in [2.75, 3.05) is 24.6 Å². The molecule has 2 aromatic heterocycles. The van der Waals surface area contributed by atoms with E-state index in [4.69, 9.17) is 5.11 Å². The van der Waals surface area contributed by atoms with Gasteiger partial charge in [0.2, 0.25) is 0 Å². The van der Waals surface area contributed by atoms with Gasteiger partial charge in [0, 0.05) is 25.2 Å². The fraction of sp³-hybridized carbons (Fsp3) is 0.455. The Labute approximate surface area is 102 Å². The molecule has 0 amide bonds. The van der Waals surface area contributed by atoms with Crippen molar-refractivity contribution in [1.29, 1.82) is 0 Å². The van der Waals surface area contributed by atoms with Crippen LogP contribution in [0.2, 0.25) is 0 Å². The molecule has 7 nitrogen and oxygen atoms in total. The van der Waals surface area contributed by atoms with Crippen molar-refractivity contribution in [1.82, 2.24) is 15.0 Å². The summed E-state index contributed by atoms with van der Waals surface area (Å²) in [6, 6.07) is 0. The van der Waals surface area contributed by atoms with Crippen molar-refractivity contribution in [2.45, 2.75) is 6.10 Å². The van der Waals surface area contributed by atoms with Gasteiger partial charge in [-0.05, 0) is 0 Å². The molecule has 18 heavy (non-hydrogen) atoms. The Balaban J connectivity index is 2.01. The van der Waals surface area contributed by atoms with Crippen LogP contribution >= 0.6 is 0 Å². The van der Waals surface area contributed by atoms with Crippen molar-refractivity contribution in [3.8, 4) is 0 Å². The fourth-order valence-electron chi connectivity index (χ4n) is 2.41. The van der Waals surface area contributed by atoms with Gasteiger partial charge in [-0.1, -0.05) is 0 Å². The van der Waals surface area contributed by atoms with Crippen LogP contribution in [-0.4, -0.2) is 51.0 Å². The van der Waals surface area contributed by atoms with Crippen LogP contribution in [0.5, 0.6) is 0 Å². The Morgan fingerprint density at radius 3 is 3.00 bits per heavy atom. The third-order valence-corrected chi connectivity index (χ3v) is 3.43. The number of nitrogens with one attached hydrogen (secondary N) is 2. The molecule has 1 unspecified atom stereocenters. The number of rotatable bonds is 2. The minimum atomic E-state index is -0.554. The Bertz CT molecular complexity index is 620. The summed E-state index contributed by atoms with van der Waals surface area (Å²) in [6.45, 7) is 0.944. The lowest BCUT2D eigenvalue weighted by atomic mass is 10.1. The molecule has 7 heteroatoms. The summed E-state index contributed by atoms with van der Waals surface area (Å²) in [5.74, 6) is -0.156. The van der Waals surface area contributed by atoms with E-state index >= 15 is 0 Å². The van der Waals surface area contributed by atoms with Crippen LogP contribution in [0.1, 0.15) is 0 Å². The maximum Gasteiger partial charge on any atom is 0.275 e. The average Bonchev–Trinajstić information content (AvgIpc) is 2.93. The summed E-state index contributed by atoms with van der Waals surface area (Å²) < 4.78 is 0. The molecule has 2 aromatic rings. The van der Waals surface area contributed by atoms with Gasteiger partial charge in [0.15, 0.2) is 0 Å². The number of β-amino-alcohol motifs (C(OH)–C–C–N with tert-alkyl or cyclic N) is 1. The smallest absolute Gasteiger partial charge is 0.275 e. The van der Waals surface area contributed by atoms with Crippen LogP contribution in [0.3, 0.4) is 0 Å². The van der Waals surface area contributed by atoms with Gasteiger partial charge < -0.3 is 25.1 Å². The molecule has 1 saturated heterocycles. The number of aromatic nitrogens is 3. The average molecular weight is 250 g/mol. The first-order chi connectivity index (χ1) is 8.70. The van der Waals surface area contributed by atoms with Crippen molar-refractivity contribution in [2.24, 2.45) is 5.92 Å². The number of fused-ring (bicyclic) bond motifs is 1. The number of hydrogen-bond donors (Lipinski definition) is 4. The standard InChI is InChI=1S/C11H14N4O3/c16-4-6-2-15(3-8(6)17)7-1-12-10-9(7)13-5-14-11(10)18/h1,5-6,8,12,16-17H,2-4H2,(H,13,14,18)/t6-,8?/m1/s1. The first-order valence-electron chi connectivity index (χ1n) is 5.79. The molecule has 96 valence electrons. The lowest BCUT2D eigenvalue weighted by Gasteiger charge is -2.15. The predicted molar refractivity (Wildman–Crippen MR) is 65.5 cm³/mol. The van der Waals surface area contributed by atoms with Gasteiger partial charge in [-0.3, -0.25) is 4.79 Å². The Morgan fingerprint density at radius 1 is 1.44 bits per heavy atom. The summed E-state index contributed by atoms with van der Waals surface area (Å²) in [5.41, 5.74) is 1.58. The molecule has 1 fully saturated rings. The lowest BCUT2D eigenvalue weighted by molar-refractivity contribution is 0.104. The molecule has 3 rings (SSSR count). The van der Waals surface area contributed by atoms with E-state index in [9.17, 15) is 9.90 Å². The van der Waals surface area contributed by atoms with Crippen LogP contribution in [0.4, 0.5) is 5.69 Å². The molecule has 3 heterocycles. The second-order valence-electron chi connectivity index (χ2n) is 4.54. The van der Waals surface area contributed by atoms with Crippen molar-refractivity contribution >= 4 is 16.7 Å². The second kappa shape index (κ2) is 4.11. The molecule has 2 atom stereocenters. The predicted octanol–water partition coefficient (Wildman–Crippen LogP) is -0.959. The van der Waals surface area contributed by atoms with E-state index in [1.807, 2.05) is 4.90 Å². The van der Waals surface area contributed by atoms with E-state index in [-0.39, 0.29) is 18.1 Å². The fourth-order valence-corrected chi connectivity index (χ4v) is 2.41. The number of nitrogens with zero attached hydrogens (tertiary/aromatic N) is 2. The molecule has 0 bridgehead atoms. The maximum atomic E-state index is 11.6. The minimum Gasteiger partial charge on any atom is -0.396 e. The van der Waals surface area contributed by atoms with Gasteiger partial charge in [-0.15, -0.1) is 0 Å². The molecule has 1 aliphatic heterocycles. The van der Waals surface area contributed by atoms with Gasteiger partial charge in [0.05, 0.1) is 24.7 Å². The summed E-state index contributed by atoms with van der Waals surface area (Å²) in [6.07, 6.45) is 2.51. The number of aliphatic hydroxyl groups excluding tert-OH is 2. The van der Waals surface area contributed by atoms with E-state index in [0.29, 0.717) is 24.1 Å². The Morgan fingerprint density at radius 2 is 2.28 bits per heavy atom. The van der Waals surface area contributed by atoms with Crippen LogP contribution in [0.15, 0.2) is 17.3 Å². The zero-order valence-corrected chi connectivity index (χ0v) is 9.63. The minimum absolute atomic E-state index is 0.0476. The highest BCUT2D eigenvalue weighted by molar-refractivity contribution is 5.88. The molecule has 0 aromatic carbocycles. The van der Waals surface area contributed by atoms with Gasteiger partial charge in [-0.25, -0.2) is 4.98 Å². The van der Waals surface area contributed by atoms with Crippen molar-refractivity contribution in [3.05, 3.63) is 22.9 Å². The van der Waals surface area contributed by atoms with E-state index < -0.39 is 6.10 Å². The summed E-state index contributed by atoms with van der Waals surface area (Å²) in [4.78, 5) is 23.0. The quantitative estimate of drug-likeness (QED) is 0.549. The third kappa shape index (κ3) is 1.59. The highest BCUT2D eigenvalue weighted by Gasteiger charge is 2.32. The molecule has 0 spiro atoms. The number of anilines is 1. The van der Waals surface area contributed by atoms with Gasteiger partial charge in [0.25, 0.3) is 5.56 Å². The molecule has 0 aliphatic carbocycles. The molecule has 4 N–H and O–H groups in total. The number of aromatic amines is 2. The highest BCUT2D eigenvalue weighted by Crippen LogP contribution is 2.28. The lowest BCUT2D eigenvalue weighted by Crippen LogP contribution is -2.21. The highest BCUT2D eigenvalue weighted by atomic mass is 16.3. The van der Waals surface area contributed by atoms with Crippen LogP contribution in [0, 0.1) is 5.92 Å². The normalized spacial score (nSPS) is 24.0. The van der Waals surface area contributed by atoms with E-state index in [1.54, 1.807) is 6.20 Å². The monoisotopic (exact) mass is 250 g/mol. The zero-order valence-electron chi connectivity index (χ0n) is 9.63. The topological polar surface area (TPSA) is 105 Å². The number of hydrogen-bond acceptors (Lipinski definition) is 5. The number of H-pyrrole nitrogens is 2. The third-order valence-electron chi connectivity index (χ3n) is 3.43.